The summed E-state index contributed by atoms with van der Waals surface area (Å²) in [4.78, 5) is 13.1. The smallest absolute Gasteiger partial charge is 0.123 e. The standard InChI is InChI=1S/C18H11ClFN3/c19-13-4-5-15-16(7-13)17(11-2-1-3-14(20)6-11)22-9-12-8-21-10-23-18(12)15/h1-8,10H,9H2. The normalized spacial score (nSPS) is 12.9. The van der Waals surface area contributed by atoms with Crippen LogP contribution in [-0.4, -0.2) is 15.7 Å². The fraction of sp³-hybridized carbons (Fsp3) is 0.0556. The van der Waals surface area contributed by atoms with Gasteiger partial charge in [0.15, 0.2) is 0 Å². The molecule has 23 heavy (non-hydrogen) atoms. The maximum atomic E-state index is 13.6. The van der Waals surface area contributed by atoms with E-state index in [2.05, 4.69) is 15.0 Å². The molecule has 0 spiro atoms. The number of rotatable bonds is 1. The van der Waals surface area contributed by atoms with Crippen molar-refractivity contribution >= 4 is 17.3 Å². The minimum atomic E-state index is -0.296. The molecule has 1 aliphatic heterocycles. The Kier molecular flexibility index (Phi) is 3.39. The van der Waals surface area contributed by atoms with Crippen LogP contribution in [0.25, 0.3) is 11.3 Å². The molecule has 0 N–H and O–H groups in total. The van der Waals surface area contributed by atoms with Gasteiger partial charge in [0, 0.05) is 33.5 Å². The monoisotopic (exact) mass is 323 g/mol. The second kappa shape index (κ2) is 5.56. The Hall–Kier alpha value is -2.59. The van der Waals surface area contributed by atoms with Crippen molar-refractivity contribution in [1.29, 1.82) is 0 Å². The zero-order valence-electron chi connectivity index (χ0n) is 12.0. The van der Waals surface area contributed by atoms with Crippen molar-refractivity contribution in [2.75, 3.05) is 0 Å². The van der Waals surface area contributed by atoms with Crippen molar-refractivity contribution in [3.63, 3.8) is 0 Å². The highest BCUT2D eigenvalue weighted by Gasteiger charge is 2.20. The van der Waals surface area contributed by atoms with Crippen molar-refractivity contribution in [1.82, 2.24) is 9.97 Å². The maximum Gasteiger partial charge on any atom is 0.123 e. The van der Waals surface area contributed by atoms with Crippen LogP contribution in [0.3, 0.4) is 0 Å². The minimum Gasteiger partial charge on any atom is -0.279 e. The zero-order chi connectivity index (χ0) is 15.8. The Bertz CT molecular complexity index is 937. The highest BCUT2D eigenvalue weighted by atomic mass is 35.5. The van der Waals surface area contributed by atoms with Gasteiger partial charge < -0.3 is 0 Å². The Labute approximate surface area is 137 Å². The molecular weight excluding hydrogens is 313 g/mol. The molecule has 0 bridgehead atoms. The number of nitrogens with zero attached hydrogens (tertiary/aromatic N) is 3. The van der Waals surface area contributed by atoms with Gasteiger partial charge >= 0.3 is 0 Å². The van der Waals surface area contributed by atoms with Gasteiger partial charge in [-0.1, -0.05) is 29.8 Å². The van der Waals surface area contributed by atoms with Crippen LogP contribution in [0.2, 0.25) is 5.02 Å². The fourth-order valence-corrected chi connectivity index (χ4v) is 2.94. The van der Waals surface area contributed by atoms with Crippen LogP contribution in [-0.2, 0) is 6.54 Å². The molecule has 0 saturated carbocycles. The summed E-state index contributed by atoms with van der Waals surface area (Å²) in [5, 5.41) is 0.602. The summed E-state index contributed by atoms with van der Waals surface area (Å²) in [5.41, 5.74) is 4.96. The number of aliphatic imine (C=N–C) groups is 1. The number of benzene rings is 2. The molecule has 5 heteroatoms. The lowest BCUT2D eigenvalue weighted by molar-refractivity contribution is 0.627. The topological polar surface area (TPSA) is 38.1 Å². The quantitative estimate of drug-likeness (QED) is 0.670. The molecule has 2 aromatic carbocycles. The molecule has 0 amide bonds. The summed E-state index contributed by atoms with van der Waals surface area (Å²) in [6.07, 6.45) is 3.28. The Morgan fingerprint density at radius 2 is 1.96 bits per heavy atom. The lowest BCUT2D eigenvalue weighted by Gasteiger charge is -2.11. The minimum absolute atomic E-state index is 0.296. The van der Waals surface area contributed by atoms with Crippen molar-refractivity contribution in [3.8, 4) is 11.3 Å². The van der Waals surface area contributed by atoms with Gasteiger partial charge in [-0.15, -0.1) is 0 Å². The van der Waals surface area contributed by atoms with E-state index in [1.165, 1.54) is 18.5 Å². The van der Waals surface area contributed by atoms with E-state index in [0.29, 0.717) is 22.8 Å². The molecule has 0 atom stereocenters. The van der Waals surface area contributed by atoms with E-state index >= 15 is 0 Å². The van der Waals surface area contributed by atoms with Crippen molar-refractivity contribution in [2.24, 2.45) is 4.99 Å². The van der Waals surface area contributed by atoms with E-state index < -0.39 is 0 Å². The number of hydrogen-bond donors (Lipinski definition) is 0. The Morgan fingerprint density at radius 1 is 1.04 bits per heavy atom. The molecular formula is C18H11ClFN3. The third-order valence-electron chi connectivity index (χ3n) is 3.79. The van der Waals surface area contributed by atoms with Crippen LogP contribution in [0.4, 0.5) is 4.39 Å². The van der Waals surface area contributed by atoms with Crippen LogP contribution in [0.15, 0.2) is 60.0 Å². The fourth-order valence-electron chi connectivity index (χ4n) is 2.77. The first-order chi connectivity index (χ1) is 11.2. The zero-order valence-corrected chi connectivity index (χ0v) is 12.8. The van der Waals surface area contributed by atoms with Gasteiger partial charge in [-0.3, -0.25) is 4.99 Å². The predicted octanol–water partition coefficient (Wildman–Crippen LogP) is 4.29. The first-order valence-corrected chi connectivity index (χ1v) is 7.50. The van der Waals surface area contributed by atoms with Crippen LogP contribution >= 0.6 is 11.6 Å². The molecule has 0 radical (unpaired) electrons. The second-order valence-corrected chi connectivity index (χ2v) is 5.70. The second-order valence-electron chi connectivity index (χ2n) is 5.26. The van der Waals surface area contributed by atoms with Gasteiger partial charge in [-0.05, 0) is 24.3 Å². The summed E-state index contributed by atoms with van der Waals surface area (Å²) >= 11 is 6.18. The summed E-state index contributed by atoms with van der Waals surface area (Å²) < 4.78 is 13.6. The number of aromatic nitrogens is 2. The van der Waals surface area contributed by atoms with Crippen molar-refractivity contribution in [3.05, 3.63) is 82.5 Å². The molecule has 2 heterocycles. The average molecular weight is 324 g/mol. The van der Waals surface area contributed by atoms with Crippen LogP contribution < -0.4 is 0 Å². The number of halogens is 2. The maximum absolute atomic E-state index is 13.6. The van der Waals surface area contributed by atoms with E-state index in [1.807, 2.05) is 24.3 Å². The molecule has 3 nitrogen and oxygen atoms in total. The summed E-state index contributed by atoms with van der Waals surface area (Å²) in [6, 6.07) is 12.0. The van der Waals surface area contributed by atoms with Crippen molar-refractivity contribution in [2.45, 2.75) is 6.54 Å². The van der Waals surface area contributed by atoms with E-state index in [1.54, 1.807) is 12.3 Å². The van der Waals surface area contributed by atoms with Crippen LogP contribution in [0.5, 0.6) is 0 Å². The first kappa shape index (κ1) is 14.0. The average Bonchev–Trinajstić information content (AvgIpc) is 2.71. The molecule has 1 aromatic heterocycles. The van der Waals surface area contributed by atoms with Gasteiger partial charge in [0.1, 0.15) is 12.1 Å². The highest BCUT2D eigenvalue weighted by molar-refractivity contribution is 6.31. The number of fused-ring (bicyclic) bond motifs is 3. The van der Waals surface area contributed by atoms with E-state index in [4.69, 9.17) is 11.6 Å². The number of hydrogen-bond acceptors (Lipinski definition) is 3. The van der Waals surface area contributed by atoms with Crippen LogP contribution in [0.1, 0.15) is 16.7 Å². The molecule has 3 aromatic rings. The van der Waals surface area contributed by atoms with Gasteiger partial charge in [0.05, 0.1) is 18.0 Å². The van der Waals surface area contributed by atoms with Gasteiger partial charge in [-0.2, -0.15) is 0 Å². The predicted molar refractivity (Wildman–Crippen MR) is 88.2 cm³/mol. The molecule has 0 aliphatic carbocycles. The van der Waals surface area contributed by atoms with E-state index in [0.717, 1.165) is 22.4 Å². The SMILES string of the molecule is Fc1cccc(C2=NCc3cncnc3-c3ccc(Cl)cc32)c1. The molecule has 0 unspecified atom stereocenters. The lowest BCUT2D eigenvalue weighted by Crippen LogP contribution is -2.05. The lowest BCUT2D eigenvalue weighted by atomic mass is 9.95. The molecule has 0 saturated heterocycles. The van der Waals surface area contributed by atoms with Gasteiger partial charge in [0.25, 0.3) is 0 Å². The highest BCUT2D eigenvalue weighted by Crippen LogP contribution is 2.32. The summed E-state index contributed by atoms with van der Waals surface area (Å²) in [7, 11) is 0. The molecule has 1 aliphatic rings. The third-order valence-corrected chi connectivity index (χ3v) is 4.02. The Balaban J connectivity index is 2.00. The Morgan fingerprint density at radius 3 is 2.83 bits per heavy atom. The molecule has 0 fully saturated rings. The van der Waals surface area contributed by atoms with Crippen molar-refractivity contribution < 1.29 is 4.39 Å². The third kappa shape index (κ3) is 2.51. The summed E-state index contributed by atoms with van der Waals surface area (Å²) in [5.74, 6) is -0.296. The first-order valence-electron chi connectivity index (χ1n) is 7.12. The molecule has 112 valence electrons. The van der Waals surface area contributed by atoms with E-state index in [-0.39, 0.29) is 5.82 Å². The van der Waals surface area contributed by atoms with Gasteiger partial charge in [-0.25, -0.2) is 14.4 Å². The largest absolute Gasteiger partial charge is 0.279 e. The van der Waals surface area contributed by atoms with E-state index in [9.17, 15) is 4.39 Å². The molecule has 4 rings (SSSR count). The van der Waals surface area contributed by atoms with Gasteiger partial charge in [0.2, 0.25) is 0 Å². The summed E-state index contributed by atoms with van der Waals surface area (Å²) in [6.45, 7) is 0.439. The van der Waals surface area contributed by atoms with Crippen LogP contribution in [0, 0.1) is 5.82 Å².